The van der Waals surface area contributed by atoms with Crippen molar-refractivity contribution in [1.82, 2.24) is 4.90 Å². The molecule has 2 aromatic rings. The van der Waals surface area contributed by atoms with Crippen molar-refractivity contribution in [2.45, 2.75) is 13.8 Å². The highest BCUT2D eigenvalue weighted by Crippen LogP contribution is 2.23. The number of hydrogen-bond donors (Lipinski definition) is 0. The van der Waals surface area contributed by atoms with E-state index in [0.717, 1.165) is 13.1 Å². The van der Waals surface area contributed by atoms with Gasteiger partial charge in [-0.05, 0) is 55.3 Å². The van der Waals surface area contributed by atoms with Crippen LogP contribution in [0.3, 0.4) is 0 Å². The number of nitrogens with zero attached hydrogens (tertiary/aromatic N) is 2. The third kappa shape index (κ3) is 4.44. The summed E-state index contributed by atoms with van der Waals surface area (Å²) in [5.41, 5.74) is 4.16. The summed E-state index contributed by atoms with van der Waals surface area (Å²) in [6.45, 7) is 6.76. The molecule has 0 unspecified atom stereocenters. The van der Waals surface area contributed by atoms with E-state index in [1.807, 2.05) is 0 Å². The lowest BCUT2D eigenvalue weighted by molar-refractivity contribution is -0.134. The van der Waals surface area contributed by atoms with Gasteiger partial charge >= 0.3 is 5.97 Å². The summed E-state index contributed by atoms with van der Waals surface area (Å²) in [4.78, 5) is 28.6. The van der Waals surface area contributed by atoms with Crippen LogP contribution in [-0.2, 0) is 9.53 Å². The minimum atomic E-state index is -0.509. The molecule has 1 amide bonds. The van der Waals surface area contributed by atoms with Gasteiger partial charge in [-0.3, -0.25) is 4.79 Å². The first-order valence-electron chi connectivity index (χ1n) is 9.39. The van der Waals surface area contributed by atoms with Gasteiger partial charge in [0.25, 0.3) is 5.91 Å². The number of hydrogen-bond acceptors (Lipinski definition) is 5. The molecule has 1 fully saturated rings. The summed E-state index contributed by atoms with van der Waals surface area (Å²) in [7, 11) is 1.56. The number of piperazine rings is 1. The van der Waals surface area contributed by atoms with Crippen molar-refractivity contribution in [2.75, 3.05) is 44.8 Å². The standard InChI is InChI=1S/C22H26N2O4/c1-16-5-4-6-20(17(16)2)23-11-13-24(14-12-23)21(25)15-28-22(26)18-7-9-19(27-3)10-8-18/h4-10H,11-15H2,1-3H3. The van der Waals surface area contributed by atoms with Crippen LogP contribution in [0.15, 0.2) is 42.5 Å². The molecular weight excluding hydrogens is 356 g/mol. The van der Waals surface area contributed by atoms with E-state index in [9.17, 15) is 9.59 Å². The first-order chi connectivity index (χ1) is 13.5. The van der Waals surface area contributed by atoms with E-state index >= 15 is 0 Å². The number of carbonyl (C=O) groups is 2. The summed E-state index contributed by atoms with van der Waals surface area (Å²) < 4.78 is 10.2. The number of amides is 1. The summed E-state index contributed by atoms with van der Waals surface area (Å²) in [5.74, 6) is -0.0122. The van der Waals surface area contributed by atoms with Gasteiger partial charge in [-0.2, -0.15) is 0 Å². The minimum absolute atomic E-state index is 0.164. The molecule has 0 radical (unpaired) electrons. The predicted molar refractivity (Wildman–Crippen MR) is 108 cm³/mol. The van der Waals surface area contributed by atoms with Gasteiger partial charge in [-0.25, -0.2) is 4.79 Å². The molecule has 6 heteroatoms. The van der Waals surface area contributed by atoms with E-state index in [2.05, 4.69) is 36.9 Å². The second-order valence-corrected chi connectivity index (χ2v) is 6.89. The molecule has 0 spiro atoms. The van der Waals surface area contributed by atoms with Gasteiger partial charge in [0.2, 0.25) is 0 Å². The zero-order valence-corrected chi connectivity index (χ0v) is 16.6. The van der Waals surface area contributed by atoms with Gasteiger partial charge in [-0.15, -0.1) is 0 Å². The number of anilines is 1. The van der Waals surface area contributed by atoms with Gasteiger partial charge in [0.15, 0.2) is 6.61 Å². The van der Waals surface area contributed by atoms with Crippen LogP contribution in [-0.4, -0.2) is 56.7 Å². The fraction of sp³-hybridized carbons (Fsp3) is 0.364. The van der Waals surface area contributed by atoms with Crippen LogP contribution in [0.1, 0.15) is 21.5 Å². The molecular formula is C22H26N2O4. The van der Waals surface area contributed by atoms with Crippen molar-refractivity contribution in [1.29, 1.82) is 0 Å². The van der Waals surface area contributed by atoms with Crippen LogP contribution >= 0.6 is 0 Å². The molecule has 3 rings (SSSR count). The molecule has 6 nitrogen and oxygen atoms in total. The first-order valence-corrected chi connectivity index (χ1v) is 9.39. The molecule has 1 saturated heterocycles. The second-order valence-electron chi connectivity index (χ2n) is 6.89. The average Bonchev–Trinajstić information content (AvgIpc) is 2.74. The number of aryl methyl sites for hydroxylation is 1. The molecule has 28 heavy (non-hydrogen) atoms. The van der Waals surface area contributed by atoms with Gasteiger partial charge in [0.1, 0.15) is 5.75 Å². The minimum Gasteiger partial charge on any atom is -0.497 e. The molecule has 0 N–H and O–H groups in total. The normalized spacial score (nSPS) is 14.0. The van der Waals surface area contributed by atoms with E-state index in [0.29, 0.717) is 24.4 Å². The Bertz CT molecular complexity index is 840. The van der Waals surface area contributed by atoms with Crippen LogP contribution in [0, 0.1) is 13.8 Å². The van der Waals surface area contributed by atoms with Crippen LogP contribution in [0.4, 0.5) is 5.69 Å². The zero-order valence-electron chi connectivity index (χ0n) is 16.6. The number of carbonyl (C=O) groups excluding carboxylic acids is 2. The van der Waals surface area contributed by atoms with Crippen LogP contribution < -0.4 is 9.64 Å². The van der Waals surface area contributed by atoms with E-state index in [-0.39, 0.29) is 12.5 Å². The van der Waals surface area contributed by atoms with Crippen molar-refractivity contribution in [3.63, 3.8) is 0 Å². The second kappa shape index (κ2) is 8.78. The number of benzene rings is 2. The summed E-state index contributed by atoms with van der Waals surface area (Å²) in [6.07, 6.45) is 0. The van der Waals surface area contributed by atoms with E-state index < -0.39 is 5.97 Å². The SMILES string of the molecule is COc1ccc(C(=O)OCC(=O)N2CCN(c3cccc(C)c3C)CC2)cc1. The lowest BCUT2D eigenvalue weighted by atomic mass is 10.1. The fourth-order valence-corrected chi connectivity index (χ4v) is 3.30. The Kier molecular flexibility index (Phi) is 6.19. The van der Waals surface area contributed by atoms with Crippen LogP contribution in [0.2, 0.25) is 0 Å². The lowest BCUT2D eigenvalue weighted by Crippen LogP contribution is -2.50. The zero-order chi connectivity index (χ0) is 20.1. The maximum Gasteiger partial charge on any atom is 0.338 e. The van der Waals surface area contributed by atoms with Gasteiger partial charge < -0.3 is 19.3 Å². The number of esters is 1. The molecule has 0 aliphatic carbocycles. The van der Waals surface area contributed by atoms with Crippen molar-refractivity contribution < 1.29 is 19.1 Å². The Morgan fingerprint density at radius 3 is 2.29 bits per heavy atom. The highest BCUT2D eigenvalue weighted by atomic mass is 16.5. The van der Waals surface area contributed by atoms with E-state index in [1.165, 1.54) is 16.8 Å². The number of ether oxygens (including phenoxy) is 2. The Morgan fingerprint density at radius 1 is 0.964 bits per heavy atom. The highest BCUT2D eigenvalue weighted by Gasteiger charge is 2.23. The van der Waals surface area contributed by atoms with E-state index in [1.54, 1.807) is 36.3 Å². The third-order valence-electron chi connectivity index (χ3n) is 5.20. The van der Waals surface area contributed by atoms with Crippen molar-refractivity contribution >= 4 is 17.6 Å². The Hall–Kier alpha value is -3.02. The third-order valence-corrected chi connectivity index (χ3v) is 5.20. The molecule has 0 saturated carbocycles. The van der Waals surface area contributed by atoms with Crippen LogP contribution in [0.25, 0.3) is 0 Å². The molecule has 1 aliphatic heterocycles. The Balaban J connectivity index is 1.49. The van der Waals surface area contributed by atoms with E-state index in [4.69, 9.17) is 9.47 Å². The topological polar surface area (TPSA) is 59.1 Å². The van der Waals surface area contributed by atoms with Gasteiger partial charge in [0.05, 0.1) is 12.7 Å². The highest BCUT2D eigenvalue weighted by molar-refractivity contribution is 5.91. The summed E-state index contributed by atoms with van der Waals surface area (Å²) in [6, 6.07) is 12.9. The number of rotatable bonds is 5. The molecule has 2 aromatic carbocycles. The van der Waals surface area contributed by atoms with Crippen molar-refractivity contribution in [3.05, 3.63) is 59.2 Å². The maximum absolute atomic E-state index is 12.4. The van der Waals surface area contributed by atoms with Gasteiger partial charge in [0, 0.05) is 31.9 Å². The summed E-state index contributed by atoms with van der Waals surface area (Å²) >= 11 is 0. The Labute approximate surface area is 165 Å². The molecule has 1 aliphatic rings. The largest absolute Gasteiger partial charge is 0.497 e. The number of methoxy groups -OCH3 is 1. The maximum atomic E-state index is 12.4. The lowest BCUT2D eigenvalue weighted by Gasteiger charge is -2.37. The fourth-order valence-electron chi connectivity index (χ4n) is 3.30. The molecule has 0 atom stereocenters. The quantitative estimate of drug-likeness (QED) is 0.745. The molecule has 148 valence electrons. The predicted octanol–water partition coefficient (Wildman–Crippen LogP) is 2.82. The molecule has 1 heterocycles. The Morgan fingerprint density at radius 2 is 1.64 bits per heavy atom. The summed E-state index contributed by atoms with van der Waals surface area (Å²) in [5, 5.41) is 0. The van der Waals surface area contributed by atoms with Crippen LogP contribution in [0.5, 0.6) is 5.75 Å². The van der Waals surface area contributed by atoms with Gasteiger partial charge in [-0.1, -0.05) is 12.1 Å². The smallest absolute Gasteiger partial charge is 0.338 e. The molecule has 0 aromatic heterocycles. The average molecular weight is 382 g/mol. The van der Waals surface area contributed by atoms with Crippen molar-refractivity contribution in [3.8, 4) is 5.75 Å². The monoisotopic (exact) mass is 382 g/mol. The molecule has 0 bridgehead atoms. The van der Waals surface area contributed by atoms with Crippen molar-refractivity contribution in [2.24, 2.45) is 0 Å². The first kappa shape index (κ1) is 19.7.